The Kier molecular flexibility index (Phi) is 7.25. The quantitative estimate of drug-likeness (QED) is 0.122. The number of fused-ring (bicyclic) bond motifs is 8. The second-order valence-electron chi connectivity index (χ2n) is 15.2. The highest BCUT2D eigenvalue weighted by Crippen LogP contribution is 2.47. The fourth-order valence-electron chi connectivity index (χ4n) is 9.84. The summed E-state index contributed by atoms with van der Waals surface area (Å²) in [6.45, 7) is 0. The second-order valence-corrected chi connectivity index (χ2v) is 19.0. The third-order valence-electron chi connectivity index (χ3n) is 12.3. The lowest BCUT2D eigenvalue weighted by atomic mass is 9.99. The average Bonchev–Trinajstić information content (AvgIpc) is 3.82. The number of ether oxygens (including phenoxy) is 1. The Balaban J connectivity index is 1.04. The maximum absolute atomic E-state index is 6.42. The number of benzene rings is 9. The van der Waals surface area contributed by atoms with Gasteiger partial charge in [-0.25, -0.2) is 0 Å². The topological polar surface area (TPSA) is 19.1 Å². The van der Waals surface area contributed by atoms with Crippen LogP contribution in [0.2, 0.25) is 0 Å². The van der Waals surface area contributed by atoms with E-state index in [0.29, 0.717) is 0 Å². The first kappa shape index (κ1) is 32.8. The maximum atomic E-state index is 6.42. The molecule has 1 aliphatic rings. The SMILES string of the molecule is c1ccc([Si](c2ccccc2)(c2ccccc2)c2ccc3c(c2)c2ccccc2n3-c2ccc(-c3cccc4c3c3cccc5c3n4-c3ccccc3O5)cc2)cc1. The highest BCUT2D eigenvalue weighted by Gasteiger charge is 2.41. The van der Waals surface area contributed by atoms with Crippen molar-refractivity contribution >= 4 is 72.4 Å². The molecule has 0 amide bonds. The lowest BCUT2D eigenvalue weighted by molar-refractivity contribution is 0.476. The minimum absolute atomic E-state index is 0.876. The molecule has 3 nitrogen and oxygen atoms in total. The minimum atomic E-state index is -2.70. The van der Waals surface area contributed by atoms with Crippen LogP contribution in [0.3, 0.4) is 0 Å². The molecule has 12 rings (SSSR count). The van der Waals surface area contributed by atoms with Crippen molar-refractivity contribution in [1.82, 2.24) is 9.13 Å². The van der Waals surface area contributed by atoms with Crippen molar-refractivity contribution in [2.24, 2.45) is 0 Å². The summed E-state index contributed by atoms with van der Waals surface area (Å²) in [5, 5.41) is 10.4. The molecule has 0 unspecified atom stereocenters. The molecule has 0 N–H and O–H groups in total. The first-order chi connectivity index (χ1) is 28.8. The molecule has 0 atom stereocenters. The summed E-state index contributed by atoms with van der Waals surface area (Å²) >= 11 is 0. The molecule has 0 fully saturated rings. The van der Waals surface area contributed by atoms with Crippen molar-refractivity contribution in [3.63, 3.8) is 0 Å². The van der Waals surface area contributed by atoms with E-state index in [1.165, 1.54) is 70.0 Å². The second kappa shape index (κ2) is 12.8. The van der Waals surface area contributed by atoms with Crippen LogP contribution in [0.15, 0.2) is 218 Å². The molecule has 9 aromatic carbocycles. The Labute approximate surface area is 337 Å². The number of nitrogens with zero attached hydrogens (tertiary/aromatic N) is 2. The lowest BCUT2D eigenvalue weighted by Crippen LogP contribution is -2.74. The van der Waals surface area contributed by atoms with E-state index in [-0.39, 0.29) is 0 Å². The molecular formula is C54H36N2OSi. The van der Waals surface area contributed by atoms with Crippen molar-refractivity contribution < 1.29 is 4.74 Å². The monoisotopic (exact) mass is 756 g/mol. The van der Waals surface area contributed by atoms with Gasteiger partial charge in [0.1, 0.15) is 0 Å². The van der Waals surface area contributed by atoms with Gasteiger partial charge in [-0.2, -0.15) is 0 Å². The lowest BCUT2D eigenvalue weighted by Gasteiger charge is -2.34. The van der Waals surface area contributed by atoms with Gasteiger partial charge in [0.25, 0.3) is 0 Å². The summed E-state index contributed by atoms with van der Waals surface area (Å²) in [6, 6.07) is 80.2. The van der Waals surface area contributed by atoms with E-state index in [2.05, 4.69) is 221 Å². The van der Waals surface area contributed by atoms with Crippen LogP contribution >= 0.6 is 0 Å². The Hall–Kier alpha value is -7.40. The van der Waals surface area contributed by atoms with E-state index in [1.54, 1.807) is 0 Å². The summed E-state index contributed by atoms with van der Waals surface area (Å²) < 4.78 is 11.2. The third kappa shape index (κ3) is 4.67. The summed E-state index contributed by atoms with van der Waals surface area (Å²) in [7, 11) is -2.70. The summed E-state index contributed by atoms with van der Waals surface area (Å²) in [6.07, 6.45) is 0. The maximum Gasteiger partial charge on any atom is 0.179 e. The van der Waals surface area contributed by atoms with Gasteiger partial charge in [0, 0.05) is 27.2 Å². The number of rotatable bonds is 6. The average molecular weight is 757 g/mol. The first-order valence-electron chi connectivity index (χ1n) is 19.9. The van der Waals surface area contributed by atoms with Crippen LogP contribution in [-0.4, -0.2) is 17.2 Å². The first-order valence-corrected chi connectivity index (χ1v) is 21.9. The number of aromatic nitrogens is 2. The van der Waals surface area contributed by atoms with Crippen molar-refractivity contribution in [3.05, 3.63) is 218 Å². The van der Waals surface area contributed by atoms with Gasteiger partial charge in [-0.1, -0.05) is 170 Å². The summed E-state index contributed by atoms with van der Waals surface area (Å²) in [5.41, 5.74) is 9.29. The molecule has 58 heavy (non-hydrogen) atoms. The molecule has 0 bridgehead atoms. The largest absolute Gasteiger partial charge is 0.453 e. The zero-order valence-electron chi connectivity index (χ0n) is 31.6. The van der Waals surface area contributed by atoms with Gasteiger partial charge >= 0.3 is 0 Å². The standard InChI is InChI=1S/C54H36N2OSi/c1-4-16-39(17-5-1)58(40-18-6-2-7-19-40,41-20-8-3-9-21-41)42-34-35-48-46(36-42)44-22-10-11-25-47(44)55(48)38-32-30-37(31-33-38)43-23-14-27-50-53(43)45-24-15-29-52-54(45)56(50)49-26-12-13-28-51(49)57-52/h1-36H. The third-order valence-corrected chi connectivity index (χ3v) is 17.0. The molecule has 1 aliphatic heterocycles. The fourth-order valence-corrected chi connectivity index (χ4v) is 14.6. The fraction of sp³-hybridized carbons (Fsp3) is 0. The predicted octanol–water partition coefficient (Wildman–Crippen LogP) is 11.0. The van der Waals surface area contributed by atoms with Crippen LogP contribution in [0.25, 0.3) is 66.1 Å². The van der Waals surface area contributed by atoms with Gasteiger partial charge in [0.05, 0.1) is 27.8 Å². The highest BCUT2D eigenvalue weighted by molar-refractivity contribution is 7.20. The minimum Gasteiger partial charge on any atom is -0.453 e. The Morgan fingerprint density at radius 1 is 0.362 bits per heavy atom. The summed E-state index contributed by atoms with van der Waals surface area (Å²) in [4.78, 5) is 0. The number of hydrogen-bond acceptors (Lipinski definition) is 1. The van der Waals surface area contributed by atoms with Crippen LogP contribution < -0.4 is 25.5 Å². The molecule has 3 heterocycles. The number of hydrogen-bond donors (Lipinski definition) is 0. The van der Waals surface area contributed by atoms with E-state index < -0.39 is 8.07 Å². The van der Waals surface area contributed by atoms with Crippen molar-refractivity contribution in [1.29, 1.82) is 0 Å². The van der Waals surface area contributed by atoms with Crippen molar-refractivity contribution in [3.8, 4) is 34.0 Å². The zero-order valence-corrected chi connectivity index (χ0v) is 32.6. The molecule has 272 valence electrons. The van der Waals surface area contributed by atoms with E-state index in [4.69, 9.17) is 4.74 Å². The van der Waals surface area contributed by atoms with Crippen molar-refractivity contribution in [2.75, 3.05) is 0 Å². The Bertz CT molecular complexity index is 3250. The van der Waals surface area contributed by atoms with Gasteiger partial charge in [-0.05, 0) is 80.4 Å². The molecule has 0 saturated carbocycles. The predicted molar refractivity (Wildman–Crippen MR) is 244 cm³/mol. The molecule has 11 aromatic rings. The van der Waals surface area contributed by atoms with E-state index in [1.807, 2.05) is 6.07 Å². The molecule has 2 aromatic heterocycles. The van der Waals surface area contributed by atoms with Crippen LogP contribution in [0.4, 0.5) is 0 Å². The molecular weight excluding hydrogens is 721 g/mol. The van der Waals surface area contributed by atoms with Crippen LogP contribution in [0.5, 0.6) is 11.5 Å². The molecule has 0 radical (unpaired) electrons. The molecule has 0 saturated heterocycles. The summed E-state index contributed by atoms with van der Waals surface area (Å²) in [5.74, 6) is 1.76. The zero-order chi connectivity index (χ0) is 38.2. The van der Waals surface area contributed by atoms with Crippen molar-refractivity contribution in [2.45, 2.75) is 0 Å². The molecule has 4 heteroatoms. The van der Waals surface area contributed by atoms with Crippen LogP contribution in [0, 0.1) is 0 Å². The van der Waals surface area contributed by atoms with E-state index in [0.717, 1.165) is 28.4 Å². The highest BCUT2D eigenvalue weighted by atomic mass is 28.3. The van der Waals surface area contributed by atoms with Gasteiger partial charge in [0.2, 0.25) is 0 Å². The van der Waals surface area contributed by atoms with E-state index in [9.17, 15) is 0 Å². The molecule has 0 aliphatic carbocycles. The van der Waals surface area contributed by atoms with Gasteiger partial charge < -0.3 is 13.9 Å². The van der Waals surface area contributed by atoms with Crippen LogP contribution in [-0.2, 0) is 0 Å². The Morgan fingerprint density at radius 2 is 0.931 bits per heavy atom. The van der Waals surface area contributed by atoms with E-state index >= 15 is 0 Å². The van der Waals surface area contributed by atoms with Gasteiger partial charge in [0.15, 0.2) is 19.6 Å². The van der Waals surface area contributed by atoms with Gasteiger partial charge in [-0.3, -0.25) is 0 Å². The molecule has 0 spiro atoms. The smallest absolute Gasteiger partial charge is 0.179 e. The van der Waals surface area contributed by atoms with Gasteiger partial charge in [-0.15, -0.1) is 0 Å². The Morgan fingerprint density at radius 3 is 1.66 bits per heavy atom. The normalized spacial score (nSPS) is 12.3. The number of para-hydroxylation sites is 4. The van der Waals surface area contributed by atoms with Crippen LogP contribution in [0.1, 0.15) is 0 Å².